The largest absolute Gasteiger partial charge is 0.139 e. The van der Waals surface area contributed by atoms with E-state index in [2.05, 4.69) is 182 Å². The van der Waals surface area contributed by atoms with Crippen molar-refractivity contribution in [3.8, 4) is 44.5 Å². The van der Waals surface area contributed by atoms with Crippen LogP contribution >= 0.6 is 11.3 Å². The number of allylic oxidation sites excluding steroid dienone is 1. The predicted molar refractivity (Wildman–Crippen MR) is 231 cm³/mol. The van der Waals surface area contributed by atoms with Gasteiger partial charge in [0, 0.05) is 15.0 Å². The van der Waals surface area contributed by atoms with Gasteiger partial charge in [-0.1, -0.05) is 170 Å². The zero-order valence-electron chi connectivity index (χ0n) is 29.1. The first-order chi connectivity index (χ1) is 26.3. The first-order valence-corrected chi connectivity index (χ1v) is 19.4. The maximum absolute atomic E-state index is 2.49. The van der Waals surface area contributed by atoms with Crippen LogP contribution in [0.3, 0.4) is 0 Å². The van der Waals surface area contributed by atoms with Crippen LogP contribution in [-0.2, 0) is 6.42 Å². The van der Waals surface area contributed by atoms with Gasteiger partial charge in [-0.3, -0.25) is 0 Å². The molecular weight excluding hydrogens is 657 g/mol. The second kappa shape index (κ2) is 12.2. The molecule has 0 N–H and O–H groups in total. The van der Waals surface area contributed by atoms with Gasteiger partial charge in [0.2, 0.25) is 0 Å². The van der Waals surface area contributed by atoms with E-state index in [1.165, 1.54) is 108 Å². The SMILES string of the molecule is C1=Cc2c(sc3c(-c4ccc5c(-c6ccc(-c7ccccc7)c7ccccc67)c6ccccc6c(-c6ccc7ccccc7c6)c5c4)cccc23)CC1. The number of fused-ring (bicyclic) bond motifs is 7. The minimum atomic E-state index is 1.12. The molecule has 53 heavy (non-hydrogen) atoms. The van der Waals surface area contributed by atoms with Gasteiger partial charge >= 0.3 is 0 Å². The molecule has 1 heterocycles. The summed E-state index contributed by atoms with van der Waals surface area (Å²) in [5.41, 5.74) is 11.6. The fraction of sp³-hybridized carbons (Fsp3) is 0.0385. The first kappa shape index (κ1) is 30.4. The number of hydrogen-bond donors (Lipinski definition) is 0. The lowest BCUT2D eigenvalue weighted by molar-refractivity contribution is 1.02. The van der Waals surface area contributed by atoms with E-state index in [-0.39, 0.29) is 0 Å². The zero-order chi connectivity index (χ0) is 34.9. The summed E-state index contributed by atoms with van der Waals surface area (Å²) in [6, 6.07) is 63.3. The van der Waals surface area contributed by atoms with E-state index < -0.39 is 0 Å². The Labute approximate surface area is 312 Å². The molecule has 1 aliphatic carbocycles. The van der Waals surface area contributed by atoms with Gasteiger partial charge in [-0.25, -0.2) is 0 Å². The molecule has 0 unspecified atom stereocenters. The first-order valence-electron chi connectivity index (χ1n) is 18.6. The van der Waals surface area contributed by atoms with E-state index in [4.69, 9.17) is 0 Å². The van der Waals surface area contributed by atoms with Gasteiger partial charge < -0.3 is 0 Å². The number of rotatable bonds is 4. The summed E-state index contributed by atoms with van der Waals surface area (Å²) >= 11 is 1.98. The molecule has 0 fully saturated rings. The molecule has 10 aromatic rings. The third-order valence-corrected chi connectivity index (χ3v) is 12.6. The van der Waals surface area contributed by atoms with E-state index in [9.17, 15) is 0 Å². The molecule has 0 saturated heterocycles. The molecular formula is C52H34S. The van der Waals surface area contributed by atoms with Crippen molar-refractivity contribution in [2.45, 2.75) is 12.8 Å². The summed E-state index contributed by atoms with van der Waals surface area (Å²) in [4.78, 5) is 1.51. The van der Waals surface area contributed by atoms with E-state index in [0.29, 0.717) is 0 Å². The van der Waals surface area contributed by atoms with E-state index in [1.807, 2.05) is 11.3 Å². The second-order valence-electron chi connectivity index (χ2n) is 14.3. The second-order valence-corrected chi connectivity index (χ2v) is 15.4. The Balaban J connectivity index is 1.25. The number of thiophene rings is 1. The third kappa shape index (κ3) is 4.82. The Kier molecular flexibility index (Phi) is 6.96. The van der Waals surface area contributed by atoms with Crippen molar-refractivity contribution in [1.82, 2.24) is 0 Å². The smallest absolute Gasteiger partial charge is 0.0430 e. The number of aryl methyl sites for hydroxylation is 1. The zero-order valence-corrected chi connectivity index (χ0v) is 30.0. The van der Waals surface area contributed by atoms with Crippen LogP contribution in [-0.4, -0.2) is 0 Å². The fourth-order valence-corrected chi connectivity index (χ4v) is 10.2. The molecule has 9 aromatic carbocycles. The van der Waals surface area contributed by atoms with Crippen molar-refractivity contribution in [1.29, 1.82) is 0 Å². The van der Waals surface area contributed by atoms with Crippen molar-refractivity contribution in [3.05, 3.63) is 186 Å². The quantitative estimate of drug-likeness (QED) is 0.161. The third-order valence-electron chi connectivity index (χ3n) is 11.3. The van der Waals surface area contributed by atoms with E-state index in [1.54, 1.807) is 0 Å². The van der Waals surface area contributed by atoms with Crippen LogP contribution in [0.4, 0.5) is 0 Å². The molecule has 0 bridgehead atoms. The highest BCUT2D eigenvalue weighted by molar-refractivity contribution is 7.20. The van der Waals surface area contributed by atoms with Crippen LogP contribution in [0.2, 0.25) is 0 Å². The molecule has 0 aliphatic heterocycles. The van der Waals surface area contributed by atoms with Crippen LogP contribution < -0.4 is 0 Å². The summed E-state index contributed by atoms with van der Waals surface area (Å²) in [5.74, 6) is 0. The van der Waals surface area contributed by atoms with Crippen molar-refractivity contribution in [2.24, 2.45) is 0 Å². The molecule has 248 valence electrons. The van der Waals surface area contributed by atoms with E-state index >= 15 is 0 Å². The predicted octanol–water partition coefficient (Wildman–Crippen LogP) is 15.1. The van der Waals surface area contributed by atoms with Crippen LogP contribution in [0.1, 0.15) is 16.9 Å². The maximum Gasteiger partial charge on any atom is 0.0430 e. The molecule has 0 atom stereocenters. The Bertz CT molecular complexity index is 3100. The normalized spacial score (nSPS) is 12.7. The summed E-state index contributed by atoms with van der Waals surface area (Å²) in [7, 11) is 0. The van der Waals surface area contributed by atoms with Crippen molar-refractivity contribution in [2.75, 3.05) is 0 Å². The summed E-state index contributed by atoms with van der Waals surface area (Å²) in [5, 5.41) is 11.5. The minimum absolute atomic E-state index is 1.12. The van der Waals surface area contributed by atoms with Crippen LogP contribution in [0.15, 0.2) is 176 Å². The van der Waals surface area contributed by atoms with Crippen LogP contribution in [0.25, 0.3) is 104 Å². The minimum Gasteiger partial charge on any atom is -0.139 e. The Morgan fingerprint density at radius 3 is 1.89 bits per heavy atom. The maximum atomic E-state index is 2.49. The Morgan fingerprint density at radius 2 is 1.04 bits per heavy atom. The van der Waals surface area contributed by atoms with Gasteiger partial charge in [-0.2, -0.15) is 0 Å². The lowest BCUT2D eigenvalue weighted by Crippen LogP contribution is -1.93. The standard InChI is InChI=1S/C52H34S/c1-2-14-34(15-3-1)38-29-30-45(41-18-7-6-17-40(38)41)51-44-21-9-8-20-43(44)50(37-26-25-33-13-4-5-16-35(33)31-37)48-32-36(27-28-46(48)51)39-22-12-23-47-42-19-10-11-24-49(42)53-52(39)47/h1-10,12-23,25-32H,11,24H2. The van der Waals surface area contributed by atoms with Crippen molar-refractivity contribution >= 4 is 70.6 Å². The highest BCUT2D eigenvalue weighted by Gasteiger charge is 2.21. The molecule has 0 radical (unpaired) electrons. The molecule has 0 spiro atoms. The van der Waals surface area contributed by atoms with E-state index in [0.717, 1.165) is 12.8 Å². The average Bonchev–Trinajstić information content (AvgIpc) is 3.61. The molecule has 0 nitrogen and oxygen atoms in total. The monoisotopic (exact) mass is 690 g/mol. The lowest BCUT2D eigenvalue weighted by Gasteiger charge is -2.20. The highest BCUT2D eigenvalue weighted by Crippen LogP contribution is 2.49. The van der Waals surface area contributed by atoms with Gasteiger partial charge in [0.1, 0.15) is 0 Å². The van der Waals surface area contributed by atoms with Gasteiger partial charge in [0.25, 0.3) is 0 Å². The molecule has 1 heteroatoms. The van der Waals surface area contributed by atoms with Crippen LogP contribution in [0.5, 0.6) is 0 Å². The molecule has 0 saturated carbocycles. The summed E-state index contributed by atoms with van der Waals surface area (Å²) < 4.78 is 1.39. The molecule has 1 aromatic heterocycles. The van der Waals surface area contributed by atoms with Gasteiger partial charge in [0.15, 0.2) is 0 Å². The van der Waals surface area contributed by atoms with Crippen molar-refractivity contribution in [3.63, 3.8) is 0 Å². The average molecular weight is 691 g/mol. The topological polar surface area (TPSA) is 0 Å². The molecule has 11 rings (SSSR count). The fourth-order valence-electron chi connectivity index (χ4n) is 8.88. The van der Waals surface area contributed by atoms with Gasteiger partial charge in [-0.15, -0.1) is 11.3 Å². The van der Waals surface area contributed by atoms with Crippen molar-refractivity contribution < 1.29 is 0 Å². The van der Waals surface area contributed by atoms with Crippen LogP contribution in [0, 0.1) is 0 Å². The summed E-state index contributed by atoms with van der Waals surface area (Å²) in [6.07, 6.45) is 6.92. The molecule has 0 amide bonds. The number of hydrogen-bond acceptors (Lipinski definition) is 1. The Hall–Kier alpha value is -6.28. The lowest BCUT2D eigenvalue weighted by atomic mass is 9.82. The number of benzene rings is 9. The highest BCUT2D eigenvalue weighted by atomic mass is 32.1. The van der Waals surface area contributed by atoms with Gasteiger partial charge in [-0.05, 0) is 118 Å². The molecule has 1 aliphatic rings. The van der Waals surface area contributed by atoms with Gasteiger partial charge in [0.05, 0.1) is 0 Å². The Morgan fingerprint density at radius 1 is 0.377 bits per heavy atom. The summed E-state index contributed by atoms with van der Waals surface area (Å²) in [6.45, 7) is 0.